The summed E-state index contributed by atoms with van der Waals surface area (Å²) in [5, 5.41) is 0. The Labute approximate surface area is 159 Å². The Hall–Kier alpha value is -1.93. The number of sulfonamides is 1. The molecular formula is C19H24N2O5S. The van der Waals surface area contributed by atoms with Crippen LogP contribution in [0.5, 0.6) is 0 Å². The molecule has 0 radical (unpaired) electrons. The standard InChI is InChI=1S/C19H24N2O5S/c1-2-26-19(23)15-4-3-8-20(12-15)27(24,25)16-10-13-5-6-17(22)21-9-7-14(11-16)18(13)21/h10-11,15H,2-9,12H2,1H3/t15-/m1/s1. The van der Waals surface area contributed by atoms with E-state index in [4.69, 9.17) is 4.74 Å². The molecule has 0 aliphatic carbocycles. The van der Waals surface area contributed by atoms with Crippen LogP contribution >= 0.6 is 0 Å². The minimum atomic E-state index is -3.68. The second-order valence-electron chi connectivity index (χ2n) is 7.34. The van der Waals surface area contributed by atoms with E-state index in [-0.39, 0.29) is 23.3 Å². The average molecular weight is 392 g/mol. The van der Waals surface area contributed by atoms with Gasteiger partial charge in [-0.15, -0.1) is 0 Å². The molecule has 3 aliphatic rings. The fraction of sp³-hybridized carbons (Fsp3) is 0.579. The largest absolute Gasteiger partial charge is 0.466 e. The molecule has 0 N–H and O–H groups in total. The third-order valence-corrected chi connectivity index (χ3v) is 7.51. The Kier molecular flexibility index (Phi) is 4.71. The van der Waals surface area contributed by atoms with Gasteiger partial charge in [-0.25, -0.2) is 8.42 Å². The van der Waals surface area contributed by atoms with Gasteiger partial charge in [-0.2, -0.15) is 4.31 Å². The van der Waals surface area contributed by atoms with Crippen LogP contribution in [0.4, 0.5) is 5.69 Å². The van der Waals surface area contributed by atoms with Crippen LogP contribution in [0.15, 0.2) is 17.0 Å². The molecule has 27 heavy (non-hydrogen) atoms. The Morgan fingerprint density at radius 2 is 1.93 bits per heavy atom. The Balaban J connectivity index is 1.63. The lowest BCUT2D eigenvalue weighted by Gasteiger charge is -2.31. The monoisotopic (exact) mass is 392 g/mol. The van der Waals surface area contributed by atoms with E-state index in [1.807, 2.05) is 0 Å². The highest BCUT2D eigenvalue weighted by molar-refractivity contribution is 7.89. The summed E-state index contributed by atoms with van der Waals surface area (Å²) in [5.74, 6) is -0.616. The van der Waals surface area contributed by atoms with Crippen LogP contribution in [0.3, 0.4) is 0 Å². The lowest BCUT2D eigenvalue weighted by atomic mass is 10.00. The number of hydrogen-bond acceptors (Lipinski definition) is 5. The van der Waals surface area contributed by atoms with Crippen LogP contribution in [0.25, 0.3) is 0 Å². The van der Waals surface area contributed by atoms with Crippen molar-refractivity contribution in [2.24, 2.45) is 5.92 Å². The first-order chi connectivity index (χ1) is 12.9. The average Bonchev–Trinajstić information content (AvgIpc) is 3.10. The molecule has 0 aromatic heterocycles. The molecule has 4 rings (SSSR count). The fourth-order valence-electron chi connectivity index (χ4n) is 4.34. The summed E-state index contributed by atoms with van der Waals surface area (Å²) < 4.78 is 33.0. The molecule has 1 aromatic rings. The molecule has 3 aliphatic heterocycles. The zero-order chi connectivity index (χ0) is 19.2. The summed E-state index contributed by atoms with van der Waals surface area (Å²) in [6.45, 7) is 3.25. The quantitative estimate of drug-likeness (QED) is 0.725. The number of benzene rings is 1. The molecule has 8 heteroatoms. The topological polar surface area (TPSA) is 84.0 Å². The van der Waals surface area contributed by atoms with E-state index >= 15 is 0 Å². The molecule has 1 amide bonds. The molecule has 1 atom stereocenters. The van der Waals surface area contributed by atoms with E-state index in [0.717, 1.165) is 16.8 Å². The molecule has 0 saturated carbocycles. The zero-order valence-corrected chi connectivity index (χ0v) is 16.3. The molecule has 3 heterocycles. The van der Waals surface area contributed by atoms with Crippen molar-refractivity contribution >= 4 is 27.6 Å². The van der Waals surface area contributed by atoms with E-state index in [0.29, 0.717) is 51.8 Å². The maximum atomic E-state index is 13.2. The molecule has 1 saturated heterocycles. The molecule has 0 unspecified atom stereocenters. The first kappa shape index (κ1) is 18.4. The van der Waals surface area contributed by atoms with E-state index in [1.54, 1.807) is 24.0 Å². The molecule has 146 valence electrons. The van der Waals surface area contributed by atoms with Crippen molar-refractivity contribution in [2.45, 2.75) is 43.9 Å². The highest BCUT2D eigenvalue weighted by Crippen LogP contribution is 2.39. The van der Waals surface area contributed by atoms with Gasteiger partial charge < -0.3 is 9.64 Å². The number of amides is 1. The number of rotatable bonds is 4. The Morgan fingerprint density at radius 3 is 2.67 bits per heavy atom. The van der Waals surface area contributed by atoms with Crippen LogP contribution in [0.1, 0.15) is 37.3 Å². The van der Waals surface area contributed by atoms with E-state index in [1.165, 1.54) is 4.31 Å². The van der Waals surface area contributed by atoms with E-state index < -0.39 is 15.9 Å². The predicted molar refractivity (Wildman–Crippen MR) is 98.9 cm³/mol. The Bertz CT molecular complexity index is 896. The first-order valence-electron chi connectivity index (χ1n) is 9.54. The summed E-state index contributed by atoms with van der Waals surface area (Å²) in [6.07, 6.45) is 2.97. The number of carbonyl (C=O) groups excluding carboxylic acids is 2. The second kappa shape index (κ2) is 6.91. The lowest BCUT2D eigenvalue weighted by molar-refractivity contribution is -0.149. The zero-order valence-electron chi connectivity index (χ0n) is 15.4. The van der Waals surface area contributed by atoms with Crippen LogP contribution < -0.4 is 4.90 Å². The second-order valence-corrected chi connectivity index (χ2v) is 9.28. The first-order valence-corrected chi connectivity index (χ1v) is 11.0. The molecule has 1 fully saturated rings. The minimum absolute atomic E-state index is 0.116. The van der Waals surface area contributed by atoms with E-state index in [2.05, 4.69) is 0 Å². The van der Waals surface area contributed by atoms with Crippen molar-refractivity contribution in [1.82, 2.24) is 4.31 Å². The molecular weight excluding hydrogens is 368 g/mol. The van der Waals surface area contributed by atoms with Gasteiger partial charge in [-0.3, -0.25) is 9.59 Å². The molecule has 7 nitrogen and oxygen atoms in total. The summed E-state index contributed by atoms with van der Waals surface area (Å²) in [4.78, 5) is 26.2. The third kappa shape index (κ3) is 3.14. The maximum Gasteiger partial charge on any atom is 0.310 e. The van der Waals surface area contributed by atoms with Gasteiger partial charge in [0.05, 0.1) is 23.1 Å². The van der Waals surface area contributed by atoms with Crippen molar-refractivity contribution in [3.63, 3.8) is 0 Å². The number of hydrogen-bond donors (Lipinski definition) is 0. The SMILES string of the molecule is CCOC(=O)[C@@H]1CCCN(S(=O)(=O)c2cc3c4c(c2)CCN4C(=O)CC3)C1. The summed E-state index contributed by atoms with van der Waals surface area (Å²) in [7, 11) is -3.68. The lowest BCUT2D eigenvalue weighted by Crippen LogP contribution is -2.42. The van der Waals surface area contributed by atoms with Gasteiger partial charge in [0.2, 0.25) is 15.9 Å². The van der Waals surface area contributed by atoms with E-state index in [9.17, 15) is 18.0 Å². The molecule has 0 spiro atoms. The molecule has 1 aromatic carbocycles. The number of carbonyl (C=O) groups is 2. The van der Waals surface area contributed by atoms with Crippen molar-refractivity contribution < 1.29 is 22.7 Å². The smallest absolute Gasteiger partial charge is 0.310 e. The van der Waals surface area contributed by atoms with Crippen molar-refractivity contribution in [1.29, 1.82) is 0 Å². The number of aryl methyl sites for hydroxylation is 1. The van der Waals surface area contributed by atoms with Crippen LogP contribution in [-0.2, 0) is 37.2 Å². The fourth-order valence-corrected chi connectivity index (χ4v) is 5.96. The van der Waals surface area contributed by atoms with Gasteiger partial charge in [0, 0.05) is 26.1 Å². The number of ether oxygens (including phenoxy) is 1. The van der Waals surface area contributed by atoms with Crippen LogP contribution in [-0.4, -0.2) is 50.8 Å². The van der Waals surface area contributed by atoms with Gasteiger partial charge in [0.25, 0.3) is 0 Å². The van der Waals surface area contributed by atoms with Crippen molar-refractivity contribution in [3.8, 4) is 0 Å². The number of nitrogens with zero attached hydrogens (tertiary/aromatic N) is 2. The summed E-state index contributed by atoms with van der Waals surface area (Å²) >= 11 is 0. The highest BCUT2D eigenvalue weighted by atomic mass is 32.2. The summed E-state index contributed by atoms with van der Waals surface area (Å²) in [6, 6.07) is 3.42. The third-order valence-electron chi connectivity index (χ3n) is 5.67. The summed E-state index contributed by atoms with van der Waals surface area (Å²) in [5.41, 5.74) is 2.77. The maximum absolute atomic E-state index is 13.2. The van der Waals surface area contributed by atoms with Crippen molar-refractivity contribution in [2.75, 3.05) is 31.1 Å². The van der Waals surface area contributed by atoms with Crippen molar-refractivity contribution in [3.05, 3.63) is 23.3 Å². The highest BCUT2D eigenvalue weighted by Gasteiger charge is 2.37. The van der Waals surface area contributed by atoms with Gasteiger partial charge in [0.15, 0.2) is 0 Å². The number of esters is 1. The van der Waals surface area contributed by atoms with Gasteiger partial charge in [0.1, 0.15) is 0 Å². The number of piperidine rings is 1. The number of anilines is 1. The van der Waals surface area contributed by atoms with Gasteiger partial charge in [-0.1, -0.05) is 0 Å². The predicted octanol–water partition coefficient (Wildman–Crippen LogP) is 1.49. The van der Waals surface area contributed by atoms with Gasteiger partial charge >= 0.3 is 5.97 Å². The minimum Gasteiger partial charge on any atom is -0.466 e. The van der Waals surface area contributed by atoms with Crippen LogP contribution in [0.2, 0.25) is 0 Å². The van der Waals surface area contributed by atoms with Crippen LogP contribution in [0, 0.1) is 5.92 Å². The molecule has 0 bridgehead atoms. The normalized spacial score (nSPS) is 22.6. The van der Waals surface area contributed by atoms with Gasteiger partial charge in [-0.05, 0) is 55.9 Å². The Morgan fingerprint density at radius 1 is 1.19 bits per heavy atom.